The van der Waals surface area contributed by atoms with Crippen LogP contribution in [0.2, 0.25) is 0 Å². The number of rotatable bonds is 4. The van der Waals surface area contributed by atoms with Crippen molar-refractivity contribution < 1.29 is 13.2 Å². The number of nitrogens with one attached hydrogen (secondary N) is 1. The van der Waals surface area contributed by atoms with Crippen LogP contribution in [0.3, 0.4) is 0 Å². The average molecular weight is 362 g/mol. The summed E-state index contributed by atoms with van der Waals surface area (Å²) in [5.74, 6) is 1.05. The Morgan fingerprint density at radius 1 is 1.40 bits per heavy atom. The summed E-state index contributed by atoms with van der Waals surface area (Å²) in [4.78, 5) is 0. The van der Waals surface area contributed by atoms with E-state index in [2.05, 4.69) is 21.2 Å². The third-order valence-electron chi connectivity index (χ3n) is 3.85. The van der Waals surface area contributed by atoms with Crippen LogP contribution in [0.4, 0.5) is 0 Å². The minimum atomic E-state index is -3.03. The van der Waals surface area contributed by atoms with Crippen molar-refractivity contribution in [3.63, 3.8) is 0 Å². The summed E-state index contributed by atoms with van der Waals surface area (Å²) in [6.45, 7) is 0. The molecule has 1 aliphatic rings. The third kappa shape index (κ3) is 3.18. The van der Waals surface area contributed by atoms with Crippen LogP contribution in [-0.2, 0) is 9.84 Å². The number of benzene rings is 1. The van der Waals surface area contributed by atoms with Gasteiger partial charge in [0.05, 0.1) is 18.1 Å². The maximum atomic E-state index is 12.3. The molecule has 6 heteroatoms. The topological polar surface area (TPSA) is 55.4 Å². The maximum absolute atomic E-state index is 12.3. The summed E-state index contributed by atoms with van der Waals surface area (Å²) in [7, 11) is 0.395. The Labute approximate surface area is 129 Å². The predicted molar refractivity (Wildman–Crippen MR) is 83.9 cm³/mol. The molecule has 1 aliphatic heterocycles. The normalized spacial score (nSPS) is 23.2. The Bertz CT molecular complexity index is 574. The molecular formula is C14H20BrNO3S. The number of methoxy groups -OCH3 is 1. The van der Waals surface area contributed by atoms with Gasteiger partial charge in [-0.3, -0.25) is 0 Å². The summed E-state index contributed by atoms with van der Waals surface area (Å²) in [5, 5.41) is 2.82. The first-order valence-electron chi connectivity index (χ1n) is 6.72. The second-order valence-electron chi connectivity index (χ2n) is 5.06. The molecule has 2 rings (SSSR count). The van der Waals surface area contributed by atoms with Crippen molar-refractivity contribution in [3.05, 3.63) is 28.2 Å². The molecule has 0 aromatic heterocycles. The Morgan fingerprint density at radius 3 is 2.70 bits per heavy atom. The second kappa shape index (κ2) is 6.45. The Kier molecular flexibility index (Phi) is 5.09. The van der Waals surface area contributed by atoms with Crippen molar-refractivity contribution in [2.75, 3.05) is 19.9 Å². The molecule has 2 atom stereocenters. The van der Waals surface area contributed by atoms with Crippen LogP contribution in [0.25, 0.3) is 0 Å². The predicted octanol–water partition coefficient (Wildman–Crippen LogP) is 2.69. The van der Waals surface area contributed by atoms with Crippen molar-refractivity contribution in [2.24, 2.45) is 0 Å². The molecule has 4 nitrogen and oxygen atoms in total. The molecule has 0 spiro atoms. The van der Waals surface area contributed by atoms with Crippen molar-refractivity contribution >= 4 is 25.8 Å². The van der Waals surface area contributed by atoms with Crippen LogP contribution < -0.4 is 10.1 Å². The number of sulfone groups is 1. The highest BCUT2D eigenvalue weighted by Gasteiger charge is 2.36. The van der Waals surface area contributed by atoms with Gasteiger partial charge < -0.3 is 10.1 Å². The van der Waals surface area contributed by atoms with Gasteiger partial charge in [0.1, 0.15) is 5.75 Å². The number of ether oxygens (including phenoxy) is 1. The number of halogens is 1. The van der Waals surface area contributed by atoms with Crippen LogP contribution in [0.15, 0.2) is 22.7 Å². The summed E-state index contributed by atoms with van der Waals surface area (Å²) in [5.41, 5.74) is 0.962. The molecule has 112 valence electrons. The molecule has 2 unspecified atom stereocenters. The molecule has 0 bridgehead atoms. The van der Waals surface area contributed by atoms with Gasteiger partial charge in [-0.2, -0.15) is 0 Å². The highest BCUT2D eigenvalue weighted by Crippen LogP contribution is 2.35. The lowest BCUT2D eigenvalue weighted by atomic mass is 9.99. The lowest BCUT2D eigenvalue weighted by molar-refractivity contribution is 0.413. The molecule has 1 fully saturated rings. The van der Waals surface area contributed by atoms with Gasteiger partial charge in [-0.15, -0.1) is 0 Å². The van der Waals surface area contributed by atoms with E-state index >= 15 is 0 Å². The van der Waals surface area contributed by atoms with Gasteiger partial charge >= 0.3 is 0 Å². The quantitative estimate of drug-likeness (QED) is 0.895. The average Bonchev–Trinajstić information content (AvgIpc) is 2.42. The van der Waals surface area contributed by atoms with Crippen molar-refractivity contribution in [1.82, 2.24) is 5.32 Å². The van der Waals surface area contributed by atoms with Gasteiger partial charge in [-0.05, 0) is 37.6 Å². The fourth-order valence-electron chi connectivity index (χ4n) is 2.78. The third-order valence-corrected chi connectivity index (χ3v) is 6.83. The molecule has 0 amide bonds. The molecule has 1 N–H and O–H groups in total. The smallest absolute Gasteiger partial charge is 0.155 e. The molecule has 20 heavy (non-hydrogen) atoms. The van der Waals surface area contributed by atoms with Crippen LogP contribution in [-0.4, -0.2) is 33.6 Å². The van der Waals surface area contributed by atoms with Gasteiger partial charge in [-0.1, -0.05) is 28.4 Å². The molecule has 1 saturated heterocycles. The van der Waals surface area contributed by atoms with E-state index in [4.69, 9.17) is 4.74 Å². The fraction of sp³-hybridized carbons (Fsp3) is 0.571. The first-order chi connectivity index (χ1) is 9.49. The first kappa shape index (κ1) is 15.8. The van der Waals surface area contributed by atoms with Crippen molar-refractivity contribution in [1.29, 1.82) is 0 Å². The summed E-state index contributed by atoms with van der Waals surface area (Å²) >= 11 is 3.52. The van der Waals surface area contributed by atoms with Crippen LogP contribution in [0, 0.1) is 0 Å². The summed E-state index contributed by atoms with van der Waals surface area (Å²) in [6, 6.07) is 5.46. The highest BCUT2D eigenvalue weighted by molar-refractivity contribution is 9.10. The zero-order chi connectivity index (χ0) is 14.8. The number of hydrogen-bond donors (Lipinski definition) is 1. The molecule has 0 saturated carbocycles. The second-order valence-corrected chi connectivity index (χ2v) is 8.25. The van der Waals surface area contributed by atoms with E-state index < -0.39 is 9.84 Å². The minimum Gasteiger partial charge on any atom is -0.497 e. The summed E-state index contributed by atoms with van der Waals surface area (Å²) < 4.78 is 30.7. The fourth-order valence-corrected chi connectivity index (χ4v) is 5.52. The van der Waals surface area contributed by atoms with Crippen LogP contribution >= 0.6 is 15.9 Å². The molecule has 1 heterocycles. The monoisotopic (exact) mass is 361 g/mol. The van der Waals surface area contributed by atoms with E-state index in [-0.39, 0.29) is 11.3 Å². The van der Waals surface area contributed by atoms with Crippen molar-refractivity contribution in [2.45, 2.75) is 30.6 Å². The van der Waals surface area contributed by atoms with Gasteiger partial charge in [0.25, 0.3) is 0 Å². The largest absolute Gasteiger partial charge is 0.497 e. The molecular weight excluding hydrogens is 342 g/mol. The Balaban J connectivity index is 2.37. The van der Waals surface area contributed by atoms with Gasteiger partial charge in [0.15, 0.2) is 9.84 Å². The lowest BCUT2D eigenvalue weighted by Gasteiger charge is -2.30. The molecule has 1 aromatic carbocycles. The van der Waals surface area contributed by atoms with E-state index in [1.54, 1.807) is 7.11 Å². The zero-order valence-corrected chi connectivity index (χ0v) is 14.1. The molecule has 0 radical (unpaired) electrons. The van der Waals surface area contributed by atoms with Gasteiger partial charge in [-0.25, -0.2) is 8.42 Å². The van der Waals surface area contributed by atoms with Crippen LogP contribution in [0.5, 0.6) is 5.75 Å². The molecule has 1 aromatic rings. The van der Waals surface area contributed by atoms with Crippen molar-refractivity contribution in [3.8, 4) is 5.75 Å². The number of hydrogen-bond acceptors (Lipinski definition) is 4. The van der Waals surface area contributed by atoms with E-state index in [0.29, 0.717) is 12.2 Å². The van der Waals surface area contributed by atoms with E-state index in [9.17, 15) is 8.42 Å². The Morgan fingerprint density at radius 2 is 2.15 bits per heavy atom. The minimum absolute atomic E-state index is 0.194. The van der Waals surface area contributed by atoms with E-state index in [1.165, 1.54) is 0 Å². The van der Waals surface area contributed by atoms with Gasteiger partial charge in [0.2, 0.25) is 0 Å². The van der Waals surface area contributed by atoms with E-state index in [0.717, 1.165) is 28.6 Å². The zero-order valence-electron chi connectivity index (χ0n) is 11.7. The molecule has 0 aliphatic carbocycles. The van der Waals surface area contributed by atoms with Crippen LogP contribution in [0.1, 0.15) is 30.9 Å². The first-order valence-corrected chi connectivity index (χ1v) is 9.22. The lowest BCUT2D eigenvalue weighted by Crippen LogP contribution is -2.39. The standard InChI is InChI=1S/C14H20BrNO3S/c1-16-14(13-5-3-4-8-20(13,17)18)11-7-6-10(19-2)9-12(11)15/h6-7,9,13-14,16H,3-5,8H2,1-2H3. The van der Waals surface area contributed by atoms with Gasteiger partial charge in [0, 0.05) is 10.5 Å². The highest BCUT2D eigenvalue weighted by atomic mass is 79.9. The maximum Gasteiger partial charge on any atom is 0.155 e. The summed E-state index contributed by atoms with van der Waals surface area (Å²) in [6.07, 6.45) is 2.46. The Hall–Kier alpha value is -0.590. The SMILES string of the molecule is CNC(c1ccc(OC)cc1Br)C1CCCCS1(=O)=O. The van der Waals surface area contributed by atoms with E-state index in [1.807, 2.05) is 25.2 Å².